The summed E-state index contributed by atoms with van der Waals surface area (Å²) in [5.41, 5.74) is 7.34. The summed E-state index contributed by atoms with van der Waals surface area (Å²) in [6.07, 6.45) is 1.66. The van der Waals surface area contributed by atoms with E-state index in [-0.39, 0.29) is 5.91 Å². The van der Waals surface area contributed by atoms with E-state index in [0.29, 0.717) is 22.7 Å². The Morgan fingerprint density at radius 2 is 2.05 bits per heavy atom. The van der Waals surface area contributed by atoms with Crippen LogP contribution in [0.5, 0.6) is 0 Å². The van der Waals surface area contributed by atoms with E-state index in [4.69, 9.17) is 5.73 Å². The maximum absolute atomic E-state index is 12.2. The fraction of sp³-hybridized carbons (Fsp3) is 0. The molecule has 0 fully saturated rings. The lowest BCUT2D eigenvalue weighted by Gasteiger charge is -2.06. The molecule has 0 unspecified atom stereocenters. The summed E-state index contributed by atoms with van der Waals surface area (Å²) in [6, 6.07) is 12.4. The number of nitrogens with two attached hydrogens (primary N) is 1. The van der Waals surface area contributed by atoms with Gasteiger partial charge in [-0.3, -0.25) is 4.79 Å². The Kier molecular flexibility index (Phi) is 3.53. The number of halogens is 1. The average molecular weight is 343 g/mol. The van der Waals surface area contributed by atoms with Gasteiger partial charge in [0.2, 0.25) is 0 Å². The van der Waals surface area contributed by atoms with E-state index in [1.807, 2.05) is 18.2 Å². The van der Waals surface area contributed by atoms with E-state index in [9.17, 15) is 4.79 Å². The Bertz CT molecular complexity index is 835. The molecule has 0 saturated heterocycles. The molecule has 0 atom stereocenters. The van der Waals surface area contributed by atoms with Crippen molar-refractivity contribution in [2.24, 2.45) is 0 Å². The molecule has 0 aliphatic rings. The molecule has 0 spiro atoms. The van der Waals surface area contributed by atoms with E-state index in [0.717, 1.165) is 9.86 Å². The minimum Gasteiger partial charge on any atom is -0.398 e. The zero-order chi connectivity index (χ0) is 14.8. The first-order valence-corrected chi connectivity index (χ1v) is 7.01. The second-order valence-electron chi connectivity index (χ2n) is 4.44. The van der Waals surface area contributed by atoms with E-state index in [1.165, 1.54) is 0 Å². The van der Waals surface area contributed by atoms with Gasteiger partial charge in [0, 0.05) is 27.3 Å². The summed E-state index contributed by atoms with van der Waals surface area (Å²) in [5.74, 6) is 0.185. The second-order valence-corrected chi connectivity index (χ2v) is 5.29. The van der Waals surface area contributed by atoms with Crippen molar-refractivity contribution in [1.29, 1.82) is 0 Å². The first kappa shape index (κ1) is 13.5. The molecule has 5 nitrogen and oxygen atoms in total. The van der Waals surface area contributed by atoms with Crippen LogP contribution in [0, 0.1) is 0 Å². The Morgan fingerprint density at radius 1 is 1.19 bits per heavy atom. The molecule has 21 heavy (non-hydrogen) atoms. The maximum atomic E-state index is 12.2. The number of aromatic nitrogens is 2. The molecule has 3 aromatic rings. The van der Waals surface area contributed by atoms with E-state index >= 15 is 0 Å². The third-order valence-electron chi connectivity index (χ3n) is 2.96. The number of nitrogen functional groups attached to an aromatic ring is 1. The lowest BCUT2D eigenvalue weighted by Crippen LogP contribution is -2.13. The van der Waals surface area contributed by atoms with E-state index in [1.54, 1.807) is 30.5 Å². The highest BCUT2D eigenvalue weighted by molar-refractivity contribution is 9.10. The van der Waals surface area contributed by atoms with Crippen molar-refractivity contribution in [3.05, 3.63) is 58.7 Å². The van der Waals surface area contributed by atoms with Gasteiger partial charge in [0.25, 0.3) is 5.91 Å². The summed E-state index contributed by atoms with van der Waals surface area (Å²) in [5, 5.41) is 3.66. The molecule has 3 rings (SSSR count). The third-order valence-corrected chi connectivity index (χ3v) is 3.69. The molecule has 0 aliphatic carbocycles. The number of nitrogens with one attached hydrogen (secondary N) is 1. The van der Waals surface area contributed by atoms with Crippen LogP contribution >= 0.6 is 15.9 Å². The van der Waals surface area contributed by atoms with Gasteiger partial charge in [-0.15, -0.1) is 0 Å². The molecule has 2 aromatic heterocycles. The number of pyridine rings is 2. The van der Waals surface area contributed by atoms with Gasteiger partial charge in [-0.25, -0.2) is 9.97 Å². The number of benzene rings is 1. The monoisotopic (exact) mass is 342 g/mol. The van der Waals surface area contributed by atoms with E-state index in [2.05, 4.69) is 31.2 Å². The van der Waals surface area contributed by atoms with Gasteiger partial charge in [0.05, 0.1) is 0 Å². The molecule has 0 aliphatic heterocycles. The first-order chi connectivity index (χ1) is 10.1. The highest BCUT2D eigenvalue weighted by atomic mass is 79.9. The number of hydrogen-bond donors (Lipinski definition) is 2. The van der Waals surface area contributed by atoms with Crippen molar-refractivity contribution in [2.45, 2.75) is 0 Å². The average Bonchev–Trinajstić information content (AvgIpc) is 2.50. The van der Waals surface area contributed by atoms with Gasteiger partial charge in [-0.1, -0.05) is 0 Å². The molecule has 0 radical (unpaired) electrons. The van der Waals surface area contributed by atoms with Crippen molar-refractivity contribution in [2.75, 3.05) is 11.1 Å². The molecular weight excluding hydrogens is 332 g/mol. The quantitative estimate of drug-likeness (QED) is 0.700. The predicted molar refractivity (Wildman–Crippen MR) is 86.0 cm³/mol. The van der Waals surface area contributed by atoms with Gasteiger partial charge < -0.3 is 11.1 Å². The molecule has 0 bridgehead atoms. The summed E-state index contributed by atoms with van der Waals surface area (Å²) >= 11 is 3.30. The number of fused-ring (bicyclic) bond motifs is 1. The summed E-state index contributed by atoms with van der Waals surface area (Å²) in [7, 11) is 0. The summed E-state index contributed by atoms with van der Waals surface area (Å²) in [6.45, 7) is 0. The number of anilines is 2. The smallest absolute Gasteiger partial charge is 0.256 e. The lowest BCUT2D eigenvalue weighted by atomic mass is 10.2. The molecule has 1 amide bonds. The highest BCUT2D eigenvalue weighted by Gasteiger charge is 2.09. The van der Waals surface area contributed by atoms with Crippen LogP contribution in [0.2, 0.25) is 0 Å². The number of rotatable bonds is 2. The van der Waals surface area contributed by atoms with Crippen LogP contribution in [0.1, 0.15) is 10.4 Å². The third kappa shape index (κ3) is 2.85. The lowest BCUT2D eigenvalue weighted by molar-refractivity contribution is 0.102. The van der Waals surface area contributed by atoms with Gasteiger partial charge in [0.15, 0.2) is 5.65 Å². The van der Waals surface area contributed by atoms with Gasteiger partial charge >= 0.3 is 0 Å². The van der Waals surface area contributed by atoms with Crippen molar-refractivity contribution in [3.63, 3.8) is 0 Å². The van der Waals surface area contributed by atoms with Crippen LogP contribution in [-0.2, 0) is 0 Å². The number of nitrogens with zero attached hydrogens (tertiary/aromatic N) is 2. The summed E-state index contributed by atoms with van der Waals surface area (Å²) < 4.78 is 0.757. The highest BCUT2D eigenvalue weighted by Crippen LogP contribution is 2.21. The molecule has 0 saturated carbocycles. The molecule has 1 aromatic carbocycles. The largest absolute Gasteiger partial charge is 0.398 e. The van der Waals surface area contributed by atoms with Crippen LogP contribution in [0.3, 0.4) is 0 Å². The SMILES string of the molecule is Nc1cc(C(=O)Nc2ccc3cccnc3n2)ccc1Br. The van der Waals surface area contributed by atoms with E-state index < -0.39 is 0 Å². The van der Waals surface area contributed by atoms with Gasteiger partial charge in [-0.2, -0.15) is 0 Å². The topological polar surface area (TPSA) is 80.9 Å². The van der Waals surface area contributed by atoms with Gasteiger partial charge in [-0.05, 0) is 58.4 Å². The molecule has 6 heteroatoms. The van der Waals surface area contributed by atoms with Crippen molar-refractivity contribution < 1.29 is 4.79 Å². The number of amides is 1. The summed E-state index contributed by atoms with van der Waals surface area (Å²) in [4.78, 5) is 20.6. The maximum Gasteiger partial charge on any atom is 0.256 e. The van der Waals surface area contributed by atoms with Crippen LogP contribution in [0.25, 0.3) is 11.0 Å². The second kappa shape index (κ2) is 5.49. The Morgan fingerprint density at radius 3 is 2.86 bits per heavy atom. The predicted octanol–water partition coefficient (Wildman–Crippen LogP) is 3.23. The zero-order valence-corrected chi connectivity index (χ0v) is 12.5. The molecular formula is C15H11BrN4O. The standard InChI is InChI=1S/C15H11BrN4O/c16-11-5-3-10(8-12(11)17)15(21)20-13-6-4-9-2-1-7-18-14(9)19-13/h1-8H,17H2,(H,18,19,20,21). The van der Waals surface area contributed by atoms with Crippen LogP contribution < -0.4 is 11.1 Å². The van der Waals surface area contributed by atoms with Crippen LogP contribution in [0.15, 0.2) is 53.1 Å². The number of hydrogen-bond acceptors (Lipinski definition) is 4. The van der Waals surface area contributed by atoms with Crippen LogP contribution in [0.4, 0.5) is 11.5 Å². The van der Waals surface area contributed by atoms with Crippen LogP contribution in [-0.4, -0.2) is 15.9 Å². The number of carbonyl (C=O) groups excluding carboxylic acids is 1. The molecule has 2 heterocycles. The minimum absolute atomic E-state index is 0.267. The Hall–Kier alpha value is -2.47. The van der Waals surface area contributed by atoms with Crippen molar-refractivity contribution in [3.8, 4) is 0 Å². The fourth-order valence-corrected chi connectivity index (χ4v) is 2.14. The Balaban J connectivity index is 1.87. The minimum atomic E-state index is -0.267. The van der Waals surface area contributed by atoms with Crippen molar-refractivity contribution in [1.82, 2.24) is 9.97 Å². The fourth-order valence-electron chi connectivity index (χ4n) is 1.90. The molecule has 3 N–H and O–H groups in total. The van der Waals surface area contributed by atoms with Gasteiger partial charge in [0.1, 0.15) is 5.82 Å². The zero-order valence-electron chi connectivity index (χ0n) is 10.9. The Labute approximate surface area is 129 Å². The number of carbonyl (C=O) groups is 1. The first-order valence-electron chi connectivity index (χ1n) is 6.21. The normalized spacial score (nSPS) is 10.5. The van der Waals surface area contributed by atoms with Crippen molar-refractivity contribution >= 4 is 44.4 Å². The molecule has 104 valence electrons.